The van der Waals surface area contributed by atoms with Gasteiger partial charge in [0, 0.05) is 0 Å². The summed E-state index contributed by atoms with van der Waals surface area (Å²) in [6, 6.07) is 0. The second-order valence-electron chi connectivity index (χ2n) is 6.06. The van der Waals surface area contributed by atoms with Crippen LogP contribution in [0.2, 0.25) is 0 Å². The number of unbranched alkanes of at least 4 members (excludes halogenated alkanes) is 1. The van der Waals surface area contributed by atoms with Crippen molar-refractivity contribution in [3.05, 3.63) is 0 Å². The molecule has 0 aliphatic rings. The molecule has 0 saturated heterocycles. The van der Waals surface area contributed by atoms with E-state index in [1.165, 1.54) is 0 Å². The molecular weight excluding hydrogens is 251 g/mol. The van der Waals surface area contributed by atoms with Crippen LogP contribution in [0.1, 0.15) is 66.7 Å². The molecule has 0 radical (unpaired) electrons. The van der Waals surface area contributed by atoms with Gasteiger partial charge in [-0.2, -0.15) is 0 Å². The molecule has 0 aromatic rings. The van der Waals surface area contributed by atoms with Crippen molar-refractivity contribution in [1.82, 2.24) is 0 Å². The van der Waals surface area contributed by atoms with Crippen LogP contribution < -0.4 is 0 Å². The highest BCUT2D eigenvalue weighted by atomic mass is 31.2. The van der Waals surface area contributed by atoms with E-state index in [9.17, 15) is 4.57 Å². The van der Waals surface area contributed by atoms with Crippen LogP contribution in [0.25, 0.3) is 0 Å². The standard InChI is InChI=1S/C13H29O4P/c1-6-7-8-13(9-11(2)3,10-12(4)5)17-18(14,15)16/h11-12H,6-10H2,1-5H3,(H2,14,15,16). The van der Waals surface area contributed by atoms with Gasteiger partial charge in [-0.1, -0.05) is 47.5 Å². The van der Waals surface area contributed by atoms with Crippen molar-refractivity contribution < 1.29 is 18.9 Å². The zero-order valence-corrected chi connectivity index (χ0v) is 13.2. The Bertz CT molecular complexity index is 260. The molecule has 0 aliphatic carbocycles. The van der Waals surface area contributed by atoms with Gasteiger partial charge in [0.05, 0.1) is 5.60 Å². The fraction of sp³-hybridized carbons (Fsp3) is 1.00. The van der Waals surface area contributed by atoms with Crippen molar-refractivity contribution in [2.24, 2.45) is 11.8 Å². The Hall–Kier alpha value is 0.110. The summed E-state index contributed by atoms with van der Waals surface area (Å²) in [5.74, 6) is 0.708. The molecular formula is C13H29O4P. The Morgan fingerprint density at radius 2 is 1.56 bits per heavy atom. The third kappa shape index (κ3) is 8.25. The van der Waals surface area contributed by atoms with E-state index in [-0.39, 0.29) is 0 Å². The predicted octanol–water partition coefficient (Wildman–Crippen LogP) is 4.12. The Balaban J connectivity index is 5.03. The normalized spacial score (nSPS) is 13.6. The molecule has 0 fully saturated rings. The van der Waals surface area contributed by atoms with E-state index in [4.69, 9.17) is 14.3 Å². The Morgan fingerprint density at radius 1 is 1.11 bits per heavy atom. The molecule has 5 heteroatoms. The molecule has 0 spiro atoms. The molecule has 0 aliphatic heterocycles. The van der Waals surface area contributed by atoms with Crippen molar-refractivity contribution in [3.8, 4) is 0 Å². The maximum atomic E-state index is 11.2. The maximum Gasteiger partial charge on any atom is 0.470 e. The summed E-state index contributed by atoms with van der Waals surface area (Å²) < 4.78 is 16.5. The van der Waals surface area contributed by atoms with Gasteiger partial charge < -0.3 is 9.79 Å². The summed E-state index contributed by atoms with van der Waals surface area (Å²) in [5, 5.41) is 0. The van der Waals surface area contributed by atoms with Gasteiger partial charge >= 0.3 is 7.82 Å². The third-order valence-electron chi connectivity index (χ3n) is 2.86. The SMILES string of the molecule is CCCCC(CC(C)C)(CC(C)C)OP(=O)(O)O. The summed E-state index contributed by atoms with van der Waals surface area (Å²) in [4.78, 5) is 18.3. The minimum absolute atomic E-state index is 0.354. The van der Waals surface area contributed by atoms with Gasteiger partial charge in [0.1, 0.15) is 0 Å². The summed E-state index contributed by atoms with van der Waals surface area (Å²) in [6.07, 6.45) is 4.03. The average molecular weight is 280 g/mol. The molecule has 0 bridgehead atoms. The Kier molecular flexibility index (Phi) is 7.69. The van der Waals surface area contributed by atoms with Gasteiger partial charge in [0.15, 0.2) is 0 Å². The maximum absolute atomic E-state index is 11.2. The van der Waals surface area contributed by atoms with Crippen LogP contribution in [-0.4, -0.2) is 15.4 Å². The van der Waals surface area contributed by atoms with Crippen molar-refractivity contribution in [2.45, 2.75) is 72.3 Å². The summed E-state index contributed by atoms with van der Waals surface area (Å²) in [5.41, 5.74) is -0.683. The molecule has 0 unspecified atom stereocenters. The van der Waals surface area contributed by atoms with E-state index >= 15 is 0 Å². The minimum atomic E-state index is -4.44. The second kappa shape index (κ2) is 7.64. The molecule has 4 nitrogen and oxygen atoms in total. The first-order chi connectivity index (χ1) is 8.10. The molecule has 0 heterocycles. The van der Waals surface area contributed by atoms with E-state index in [0.29, 0.717) is 31.1 Å². The lowest BCUT2D eigenvalue weighted by molar-refractivity contribution is -0.00867. The topological polar surface area (TPSA) is 66.8 Å². The summed E-state index contributed by atoms with van der Waals surface area (Å²) >= 11 is 0. The van der Waals surface area contributed by atoms with Gasteiger partial charge in [-0.3, -0.25) is 4.52 Å². The van der Waals surface area contributed by atoms with Crippen LogP contribution in [0.3, 0.4) is 0 Å². The van der Waals surface area contributed by atoms with Crippen LogP contribution in [0.4, 0.5) is 0 Å². The number of rotatable bonds is 9. The van der Waals surface area contributed by atoms with Gasteiger partial charge in [0.2, 0.25) is 0 Å². The second-order valence-corrected chi connectivity index (χ2v) is 7.23. The summed E-state index contributed by atoms with van der Waals surface area (Å²) in [6.45, 7) is 10.3. The lowest BCUT2D eigenvalue weighted by Gasteiger charge is -2.36. The molecule has 0 saturated carbocycles. The lowest BCUT2D eigenvalue weighted by Crippen LogP contribution is -2.35. The first-order valence-electron chi connectivity index (χ1n) is 6.86. The zero-order chi connectivity index (χ0) is 14.4. The number of hydrogen-bond donors (Lipinski definition) is 2. The van der Waals surface area contributed by atoms with Crippen LogP contribution in [0.5, 0.6) is 0 Å². The fourth-order valence-electron chi connectivity index (χ4n) is 2.65. The highest BCUT2D eigenvalue weighted by molar-refractivity contribution is 7.46. The largest absolute Gasteiger partial charge is 0.470 e. The molecule has 0 atom stereocenters. The van der Waals surface area contributed by atoms with E-state index in [1.54, 1.807) is 0 Å². The first kappa shape index (κ1) is 18.1. The van der Waals surface area contributed by atoms with Crippen molar-refractivity contribution >= 4 is 7.82 Å². The molecule has 0 aromatic carbocycles. The predicted molar refractivity (Wildman–Crippen MR) is 74.3 cm³/mol. The first-order valence-corrected chi connectivity index (χ1v) is 8.39. The zero-order valence-electron chi connectivity index (χ0n) is 12.3. The van der Waals surface area contributed by atoms with Crippen LogP contribution >= 0.6 is 7.82 Å². The number of phosphoric acid groups is 1. The van der Waals surface area contributed by atoms with E-state index in [0.717, 1.165) is 12.8 Å². The molecule has 110 valence electrons. The fourth-order valence-corrected chi connectivity index (χ4v) is 3.39. The molecule has 18 heavy (non-hydrogen) atoms. The molecule has 0 rings (SSSR count). The minimum Gasteiger partial charge on any atom is -0.303 e. The van der Waals surface area contributed by atoms with Gasteiger partial charge in [-0.15, -0.1) is 0 Å². The lowest BCUT2D eigenvalue weighted by atomic mass is 9.81. The Labute approximate surface area is 111 Å². The average Bonchev–Trinajstić information content (AvgIpc) is 2.09. The van der Waals surface area contributed by atoms with Gasteiger partial charge in [-0.05, 0) is 31.1 Å². The summed E-state index contributed by atoms with van der Waals surface area (Å²) in [7, 11) is -4.44. The monoisotopic (exact) mass is 280 g/mol. The smallest absolute Gasteiger partial charge is 0.303 e. The molecule has 0 amide bonds. The number of hydrogen-bond acceptors (Lipinski definition) is 2. The highest BCUT2D eigenvalue weighted by Crippen LogP contribution is 2.48. The van der Waals surface area contributed by atoms with Crippen molar-refractivity contribution in [2.75, 3.05) is 0 Å². The Morgan fingerprint density at radius 3 is 1.83 bits per heavy atom. The number of phosphoric ester groups is 1. The van der Waals surface area contributed by atoms with Crippen LogP contribution in [0.15, 0.2) is 0 Å². The molecule has 0 aromatic heterocycles. The quantitative estimate of drug-likeness (QED) is 0.623. The van der Waals surface area contributed by atoms with Gasteiger partial charge in [0.25, 0.3) is 0 Å². The van der Waals surface area contributed by atoms with E-state index in [2.05, 4.69) is 34.6 Å². The van der Waals surface area contributed by atoms with Gasteiger partial charge in [-0.25, -0.2) is 4.57 Å². The molecule has 2 N–H and O–H groups in total. The van der Waals surface area contributed by atoms with E-state index in [1.807, 2.05) is 0 Å². The van der Waals surface area contributed by atoms with Crippen LogP contribution in [0, 0.1) is 11.8 Å². The third-order valence-corrected chi connectivity index (χ3v) is 3.48. The van der Waals surface area contributed by atoms with Crippen LogP contribution in [-0.2, 0) is 9.09 Å². The van der Waals surface area contributed by atoms with Crippen molar-refractivity contribution in [3.63, 3.8) is 0 Å². The highest BCUT2D eigenvalue weighted by Gasteiger charge is 2.38. The van der Waals surface area contributed by atoms with E-state index < -0.39 is 13.4 Å². The van der Waals surface area contributed by atoms with Crippen molar-refractivity contribution in [1.29, 1.82) is 0 Å².